The van der Waals surface area contributed by atoms with Crippen LogP contribution in [0, 0.1) is 0 Å². The van der Waals surface area contributed by atoms with Crippen LogP contribution in [0.25, 0.3) is 10.9 Å². The van der Waals surface area contributed by atoms with E-state index in [0.717, 1.165) is 36.2 Å². The van der Waals surface area contributed by atoms with Crippen molar-refractivity contribution >= 4 is 22.7 Å². The molecule has 0 fully saturated rings. The second-order valence-corrected chi connectivity index (χ2v) is 4.33. The Morgan fingerprint density at radius 3 is 2.67 bits per heavy atom. The summed E-state index contributed by atoms with van der Waals surface area (Å²) in [7, 11) is 2.05. The fourth-order valence-corrected chi connectivity index (χ4v) is 1.82. The summed E-state index contributed by atoms with van der Waals surface area (Å²) in [6.07, 6.45) is 1.06. The van der Waals surface area contributed by atoms with Gasteiger partial charge in [0.05, 0.1) is 5.52 Å². The Hall–Kier alpha value is -1.84. The largest absolute Gasteiger partial charge is 0.359 e. The van der Waals surface area contributed by atoms with Crippen molar-refractivity contribution < 1.29 is 0 Å². The molecule has 0 unspecified atom stereocenters. The molecule has 1 aromatic heterocycles. The minimum atomic E-state index is 0.714. The molecule has 1 N–H and O–H groups in total. The molecule has 96 valence electrons. The highest BCUT2D eigenvalue weighted by Gasteiger charge is 2.09. The van der Waals surface area contributed by atoms with Crippen LogP contribution in [0.4, 0.5) is 11.8 Å². The van der Waals surface area contributed by atoms with Crippen molar-refractivity contribution in [1.82, 2.24) is 9.97 Å². The lowest BCUT2D eigenvalue weighted by atomic mass is 10.2. The highest BCUT2D eigenvalue weighted by molar-refractivity contribution is 5.90. The highest BCUT2D eigenvalue weighted by Crippen LogP contribution is 2.24. The average molecular weight is 244 g/mol. The second-order valence-electron chi connectivity index (χ2n) is 4.33. The maximum atomic E-state index is 4.61. The molecule has 2 rings (SSSR count). The van der Waals surface area contributed by atoms with Crippen molar-refractivity contribution in [2.45, 2.75) is 20.3 Å². The molecule has 0 aliphatic carbocycles. The molecule has 0 atom stereocenters. The summed E-state index contributed by atoms with van der Waals surface area (Å²) in [5.74, 6) is 1.70. The zero-order valence-electron chi connectivity index (χ0n) is 11.3. The minimum absolute atomic E-state index is 0.714. The van der Waals surface area contributed by atoms with Gasteiger partial charge in [0, 0.05) is 25.5 Å². The van der Waals surface area contributed by atoms with Gasteiger partial charge < -0.3 is 10.2 Å². The van der Waals surface area contributed by atoms with E-state index in [1.807, 2.05) is 18.2 Å². The van der Waals surface area contributed by atoms with Crippen LogP contribution in [0.15, 0.2) is 24.3 Å². The molecule has 0 bridgehead atoms. The number of benzene rings is 1. The molecule has 4 nitrogen and oxygen atoms in total. The summed E-state index contributed by atoms with van der Waals surface area (Å²) in [6, 6.07) is 8.13. The van der Waals surface area contributed by atoms with Crippen LogP contribution < -0.4 is 10.2 Å². The maximum Gasteiger partial charge on any atom is 0.225 e. The summed E-state index contributed by atoms with van der Waals surface area (Å²) < 4.78 is 0. The lowest BCUT2D eigenvalue weighted by Gasteiger charge is -2.18. The Kier molecular flexibility index (Phi) is 3.97. The van der Waals surface area contributed by atoms with Gasteiger partial charge in [-0.2, -0.15) is 4.98 Å². The van der Waals surface area contributed by atoms with E-state index < -0.39 is 0 Å². The minimum Gasteiger partial charge on any atom is -0.359 e. The number of aromatic nitrogens is 2. The Bertz CT molecular complexity index is 524. The van der Waals surface area contributed by atoms with Crippen LogP contribution in [0.1, 0.15) is 20.3 Å². The van der Waals surface area contributed by atoms with E-state index in [0.29, 0.717) is 5.95 Å². The van der Waals surface area contributed by atoms with Crippen LogP contribution >= 0.6 is 0 Å². The van der Waals surface area contributed by atoms with Crippen LogP contribution in [0.5, 0.6) is 0 Å². The molecule has 0 radical (unpaired) electrons. The van der Waals surface area contributed by atoms with Crippen LogP contribution in [0.2, 0.25) is 0 Å². The first-order chi connectivity index (χ1) is 8.76. The number of hydrogen-bond donors (Lipinski definition) is 1. The third kappa shape index (κ3) is 2.53. The lowest BCUT2D eigenvalue weighted by molar-refractivity contribution is 0.923. The smallest absolute Gasteiger partial charge is 0.225 e. The molecule has 18 heavy (non-hydrogen) atoms. The third-order valence-corrected chi connectivity index (χ3v) is 2.95. The first-order valence-electron chi connectivity index (χ1n) is 6.48. The van der Waals surface area contributed by atoms with Gasteiger partial charge in [0.25, 0.3) is 0 Å². The normalized spacial score (nSPS) is 10.6. The maximum absolute atomic E-state index is 4.61. The van der Waals surface area contributed by atoms with E-state index in [2.05, 4.69) is 47.1 Å². The fourth-order valence-electron chi connectivity index (χ4n) is 1.82. The van der Waals surface area contributed by atoms with Gasteiger partial charge >= 0.3 is 0 Å². The van der Waals surface area contributed by atoms with Gasteiger partial charge in [-0.15, -0.1) is 0 Å². The first kappa shape index (κ1) is 12.6. The molecular formula is C14H20N4. The van der Waals surface area contributed by atoms with E-state index in [9.17, 15) is 0 Å². The highest BCUT2D eigenvalue weighted by atomic mass is 15.2. The van der Waals surface area contributed by atoms with Gasteiger partial charge in [-0.1, -0.05) is 19.1 Å². The predicted molar refractivity (Wildman–Crippen MR) is 77.3 cm³/mol. The SMILES string of the molecule is CCCNc1nc(N(C)CC)c2ccccc2n1. The number of anilines is 2. The number of rotatable bonds is 5. The summed E-state index contributed by atoms with van der Waals surface area (Å²) in [6.45, 7) is 6.07. The summed E-state index contributed by atoms with van der Waals surface area (Å²) in [4.78, 5) is 11.3. The van der Waals surface area contributed by atoms with Crippen molar-refractivity contribution in [3.05, 3.63) is 24.3 Å². The Labute approximate surface area is 108 Å². The van der Waals surface area contributed by atoms with E-state index in [1.54, 1.807) is 0 Å². The monoisotopic (exact) mass is 244 g/mol. The van der Waals surface area contributed by atoms with E-state index >= 15 is 0 Å². The number of fused-ring (bicyclic) bond motifs is 1. The van der Waals surface area contributed by atoms with Crippen molar-refractivity contribution in [3.8, 4) is 0 Å². The third-order valence-electron chi connectivity index (χ3n) is 2.95. The van der Waals surface area contributed by atoms with E-state index in [-0.39, 0.29) is 0 Å². The standard InChI is InChI=1S/C14H20N4/c1-4-10-15-14-16-12-9-7-6-8-11(12)13(17-14)18(3)5-2/h6-9H,4-5,10H2,1-3H3,(H,15,16,17). The number of para-hydroxylation sites is 1. The molecule has 1 aromatic carbocycles. The topological polar surface area (TPSA) is 41.1 Å². The van der Waals surface area contributed by atoms with Crippen LogP contribution in [0.3, 0.4) is 0 Å². The molecule has 4 heteroatoms. The molecular weight excluding hydrogens is 224 g/mol. The van der Waals surface area contributed by atoms with E-state index in [4.69, 9.17) is 0 Å². The summed E-state index contributed by atoms with van der Waals surface area (Å²) in [5, 5.41) is 4.36. The second kappa shape index (κ2) is 5.67. The van der Waals surface area contributed by atoms with Gasteiger partial charge in [0.2, 0.25) is 5.95 Å². The van der Waals surface area contributed by atoms with E-state index in [1.165, 1.54) is 0 Å². The molecule has 0 saturated heterocycles. The Morgan fingerprint density at radius 2 is 1.94 bits per heavy atom. The van der Waals surface area contributed by atoms with Gasteiger partial charge in [0.1, 0.15) is 5.82 Å². The van der Waals surface area contributed by atoms with Gasteiger partial charge in [-0.05, 0) is 25.5 Å². The average Bonchev–Trinajstić information content (AvgIpc) is 2.43. The molecule has 0 saturated carbocycles. The molecule has 0 aliphatic heterocycles. The molecule has 0 aliphatic rings. The first-order valence-corrected chi connectivity index (χ1v) is 6.48. The van der Waals surface area contributed by atoms with Crippen molar-refractivity contribution in [2.75, 3.05) is 30.4 Å². The predicted octanol–water partition coefficient (Wildman–Crippen LogP) is 2.91. The lowest BCUT2D eigenvalue weighted by Crippen LogP contribution is -2.19. The van der Waals surface area contributed by atoms with Crippen molar-refractivity contribution in [1.29, 1.82) is 0 Å². The summed E-state index contributed by atoms with van der Waals surface area (Å²) in [5.41, 5.74) is 0.987. The van der Waals surface area contributed by atoms with Gasteiger partial charge in [0.15, 0.2) is 0 Å². The fraction of sp³-hybridized carbons (Fsp3) is 0.429. The Morgan fingerprint density at radius 1 is 1.17 bits per heavy atom. The zero-order chi connectivity index (χ0) is 13.0. The van der Waals surface area contributed by atoms with Crippen LogP contribution in [-0.2, 0) is 0 Å². The number of nitrogens with one attached hydrogen (secondary N) is 1. The molecule has 1 heterocycles. The van der Waals surface area contributed by atoms with Gasteiger partial charge in [-0.25, -0.2) is 4.98 Å². The quantitative estimate of drug-likeness (QED) is 0.878. The van der Waals surface area contributed by atoms with Gasteiger partial charge in [-0.3, -0.25) is 0 Å². The van der Waals surface area contributed by atoms with Crippen molar-refractivity contribution in [2.24, 2.45) is 0 Å². The summed E-state index contributed by atoms with van der Waals surface area (Å²) >= 11 is 0. The zero-order valence-corrected chi connectivity index (χ0v) is 11.3. The number of nitrogens with zero attached hydrogens (tertiary/aromatic N) is 3. The molecule has 0 spiro atoms. The Balaban J connectivity index is 2.50. The van der Waals surface area contributed by atoms with Crippen molar-refractivity contribution in [3.63, 3.8) is 0 Å². The van der Waals surface area contributed by atoms with Crippen LogP contribution in [-0.4, -0.2) is 30.1 Å². The molecule has 2 aromatic rings. The molecule has 0 amide bonds. The number of hydrogen-bond acceptors (Lipinski definition) is 4.